The minimum atomic E-state index is -0.258. The molecular formula is C33H21N3O. The molecule has 1 N–H and O–H groups in total. The summed E-state index contributed by atoms with van der Waals surface area (Å²) in [6.07, 6.45) is -0.258. The molecule has 174 valence electrons. The third-order valence-electron chi connectivity index (χ3n) is 6.94. The van der Waals surface area contributed by atoms with Crippen LogP contribution in [0.1, 0.15) is 17.4 Å². The Morgan fingerprint density at radius 2 is 1.43 bits per heavy atom. The fraction of sp³-hybridized carbons (Fsp3) is 0.0303. The second-order valence-electron chi connectivity index (χ2n) is 9.16. The van der Waals surface area contributed by atoms with E-state index < -0.39 is 0 Å². The van der Waals surface area contributed by atoms with Gasteiger partial charge in [-0.25, -0.2) is 4.98 Å². The topological polar surface area (TPSA) is 57.9 Å². The molecule has 0 spiro atoms. The molecule has 37 heavy (non-hydrogen) atoms. The van der Waals surface area contributed by atoms with Crippen molar-refractivity contribution in [1.29, 1.82) is 5.26 Å². The maximum atomic E-state index is 9.19. The van der Waals surface area contributed by atoms with E-state index in [4.69, 9.17) is 9.72 Å². The zero-order valence-corrected chi connectivity index (χ0v) is 19.8. The zero-order valence-electron chi connectivity index (χ0n) is 19.8. The summed E-state index contributed by atoms with van der Waals surface area (Å²) in [6, 6.07) is 40.9. The van der Waals surface area contributed by atoms with Crippen molar-refractivity contribution < 1.29 is 4.74 Å². The van der Waals surface area contributed by atoms with Crippen LogP contribution in [0.5, 0.6) is 5.75 Å². The normalized spacial score (nSPS) is 14.1. The van der Waals surface area contributed by atoms with Gasteiger partial charge in [-0.2, -0.15) is 5.26 Å². The molecule has 0 saturated heterocycles. The molecule has 0 radical (unpaired) electrons. The Balaban J connectivity index is 1.48. The highest BCUT2D eigenvalue weighted by Gasteiger charge is 2.27. The van der Waals surface area contributed by atoms with Gasteiger partial charge < -0.3 is 10.1 Å². The number of aromatic nitrogens is 1. The molecule has 0 bridgehead atoms. The number of hydrogen-bond acceptors (Lipinski definition) is 4. The number of hydrogen-bond donors (Lipinski definition) is 1. The highest BCUT2D eigenvalue weighted by Crippen LogP contribution is 2.47. The van der Waals surface area contributed by atoms with E-state index in [1.54, 1.807) is 0 Å². The summed E-state index contributed by atoms with van der Waals surface area (Å²) in [5, 5.41) is 16.1. The van der Waals surface area contributed by atoms with E-state index in [-0.39, 0.29) is 6.23 Å². The third kappa shape index (κ3) is 3.57. The van der Waals surface area contributed by atoms with Crippen LogP contribution in [0.3, 0.4) is 0 Å². The molecule has 1 aliphatic heterocycles. The van der Waals surface area contributed by atoms with E-state index in [1.165, 1.54) is 0 Å². The van der Waals surface area contributed by atoms with Gasteiger partial charge in [0.25, 0.3) is 0 Å². The van der Waals surface area contributed by atoms with E-state index >= 15 is 0 Å². The SMILES string of the molecule is N#Cc1ccc(-c2ccc3nc(-c4ccccc4)c4ccc5c(c4c3c2)NC(c2ccccc2)O5)cc1. The standard InChI is InChI=1S/C33H21N3O/c34-20-21-11-13-22(14-12-21)25-15-17-28-27(19-25)30-26(31(35-28)23-7-3-1-4-8-23)16-18-29-32(30)36-33(37-29)24-9-5-2-6-10-24/h1-19,33,36H. The molecule has 4 heteroatoms. The van der Waals surface area contributed by atoms with E-state index in [1.807, 2.05) is 66.7 Å². The quantitative estimate of drug-likeness (QED) is 0.263. The van der Waals surface area contributed by atoms with Crippen molar-refractivity contribution in [2.75, 3.05) is 5.32 Å². The Morgan fingerprint density at radius 3 is 2.19 bits per heavy atom. The first kappa shape index (κ1) is 21.2. The highest BCUT2D eigenvalue weighted by molar-refractivity contribution is 6.18. The summed E-state index contributed by atoms with van der Waals surface area (Å²) >= 11 is 0. The average molecular weight is 476 g/mol. The fourth-order valence-corrected chi connectivity index (χ4v) is 5.12. The lowest BCUT2D eigenvalue weighted by molar-refractivity contribution is 0.260. The fourth-order valence-electron chi connectivity index (χ4n) is 5.12. The van der Waals surface area contributed by atoms with Crippen LogP contribution in [0.25, 0.3) is 44.1 Å². The molecule has 0 saturated carbocycles. The average Bonchev–Trinajstić information content (AvgIpc) is 3.42. The zero-order chi connectivity index (χ0) is 24.8. The van der Waals surface area contributed by atoms with Crippen molar-refractivity contribution in [2.24, 2.45) is 0 Å². The summed E-state index contributed by atoms with van der Waals surface area (Å²) in [5.41, 5.74) is 7.77. The molecule has 1 aliphatic rings. The van der Waals surface area contributed by atoms with Gasteiger partial charge in [0.15, 0.2) is 6.23 Å². The first-order chi connectivity index (χ1) is 18.3. The van der Waals surface area contributed by atoms with Crippen LogP contribution in [-0.4, -0.2) is 4.98 Å². The smallest absolute Gasteiger partial charge is 0.196 e. The van der Waals surface area contributed by atoms with Crippen molar-refractivity contribution in [2.45, 2.75) is 6.23 Å². The van der Waals surface area contributed by atoms with Gasteiger partial charge in [-0.15, -0.1) is 0 Å². The molecule has 1 atom stereocenters. The molecule has 1 aromatic heterocycles. The van der Waals surface area contributed by atoms with Gasteiger partial charge in [0.05, 0.1) is 28.5 Å². The van der Waals surface area contributed by atoms with Crippen LogP contribution >= 0.6 is 0 Å². The molecule has 1 unspecified atom stereocenters. The highest BCUT2D eigenvalue weighted by atomic mass is 16.5. The maximum absolute atomic E-state index is 9.19. The van der Waals surface area contributed by atoms with Crippen molar-refractivity contribution in [3.8, 4) is 34.2 Å². The predicted molar refractivity (Wildman–Crippen MR) is 148 cm³/mol. The van der Waals surface area contributed by atoms with Gasteiger partial charge in [-0.05, 0) is 47.5 Å². The summed E-state index contributed by atoms with van der Waals surface area (Å²) in [6.45, 7) is 0. The molecule has 7 rings (SSSR count). The monoisotopic (exact) mass is 475 g/mol. The van der Waals surface area contributed by atoms with Crippen molar-refractivity contribution in [3.05, 3.63) is 126 Å². The van der Waals surface area contributed by atoms with Crippen LogP contribution in [0.15, 0.2) is 115 Å². The summed E-state index contributed by atoms with van der Waals surface area (Å²) in [4.78, 5) is 5.13. The summed E-state index contributed by atoms with van der Waals surface area (Å²) in [7, 11) is 0. The largest absolute Gasteiger partial charge is 0.464 e. The van der Waals surface area contributed by atoms with Crippen molar-refractivity contribution in [3.63, 3.8) is 0 Å². The first-order valence-corrected chi connectivity index (χ1v) is 12.2. The Hall–Kier alpha value is -5.14. The minimum Gasteiger partial charge on any atom is -0.464 e. The number of ether oxygens (including phenoxy) is 1. The third-order valence-corrected chi connectivity index (χ3v) is 6.94. The molecule has 0 aliphatic carbocycles. The molecule has 0 amide bonds. The molecule has 0 fully saturated rings. The number of nitriles is 1. The lowest BCUT2D eigenvalue weighted by Crippen LogP contribution is -2.09. The van der Waals surface area contributed by atoms with Gasteiger partial charge >= 0.3 is 0 Å². The predicted octanol–water partition coefficient (Wildman–Crippen LogP) is 8.10. The van der Waals surface area contributed by atoms with E-state index in [2.05, 4.69) is 59.9 Å². The lowest BCUT2D eigenvalue weighted by Gasteiger charge is -2.14. The molecule has 5 aromatic carbocycles. The Labute approximate surface area is 214 Å². The molecule has 4 nitrogen and oxygen atoms in total. The first-order valence-electron chi connectivity index (χ1n) is 12.2. The summed E-state index contributed by atoms with van der Waals surface area (Å²) < 4.78 is 6.37. The van der Waals surface area contributed by atoms with Crippen LogP contribution in [0.2, 0.25) is 0 Å². The Kier molecular flexibility index (Phi) is 4.87. The Bertz CT molecular complexity index is 1820. The summed E-state index contributed by atoms with van der Waals surface area (Å²) in [5.74, 6) is 0.830. The van der Waals surface area contributed by atoms with Gasteiger partial charge in [0, 0.05) is 27.3 Å². The Morgan fingerprint density at radius 1 is 0.703 bits per heavy atom. The van der Waals surface area contributed by atoms with Crippen LogP contribution in [0, 0.1) is 11.3 Å². The van der Waals surface area contributed by atoms with Gasteiger partial charge in [-0.1, -0.05) is 78.9 Å². The van der Waals surface area contributed by atoms with Crippen molar-refractivity contribution in [1.82, 2.24) is 4.98 Å². The number of anilines is 1. The van der Waals surface area contributed by atoms with Gasteiger partial charge in [0.2, 0.25) is 0 Å². The maximum Gasteiger partial charge on any atom is 0.196 e. The van der Waals surface area contributed by atoms with E-state index in [0.717, 1.165) is 61.1 Å². The van der Waals surface area contributed by atoms with Gasteiger partial charge in [-0.3, -0.25) is 0 Å². The number of nitrogens with zero attached hydrogens (tertiary/aromatic N) is 2. The van der Waals surface area contributed by atoms with Crippen LogP contribution < -0.4 is 10.1 Å². The number of rotatable bonds is 3. The molecular weight excluding hydrogens is 454 g/mol. The van der Waals surface area contributed by atoms with E-state index in [0.29, 0.717) is 5.56 Å². The van der Waals surface area contributed by atoms with E-state index in [9.17, 15) is 5.26 Å². The van der Waals surface area contributed by atoms with Gasteiger partial charge in [0.1, 0.15) is 5.75 Å². The molecule has 2 heterocycles. The molecule has 6 aromatic rings. The number of nitrogens with one attached hydrogen (secondary N) is 1. The minimum absolute atomic E-state index is 0.258. The number of pyridine rings is 1. The van der Waals surface area contributed by atoms with Crippen LogP contribution in [-0.2, 0) is 0 Å². The van der Waals surface area contributed by atoms with Crippen LogP contribution in [0.4, 0.5) is 5.69 Å². The second kappa shape index (κ2) is 8.51. The van der Waals surface area contributed by atoms with Crippen molar-refractivity contribution >= 4 is 27.4 Å². The number of benzene rings is 5. The second-order valence-corrected chi connectivity index (χ2v) is 9.16. The lowest BCUT2D eigenvalue weighted by atomic mass is 9.95. The number of fused-ring (bicyclic) bond motifs is 5.